The van der Waals surface area contributed by atoms with Gasteiger partial charge >= 0.3 is 6.09 Å². The lowest BCUT2D eigenvalue weighted by molar-refractivity contribution is 0.0998. The number of imidazole rings is 1. The highest BCUT2D eigenvalue weighted by atomic mass is 79.9. The molecule has 4 rings (SSSR count). The molecule has 3 N–H and O–H groups in total. The highest BCUT2D eigenvalue weighted by molar-refractivity contribution is 9.10. The number of nitrogens with one attached hydrogen (secondary N) is 1. The summed E-state index contributed by atoms with van der Waals surface area (Å²) in [6, 6.07) is 8.11. The molecular weight excluding hydrogens is 464 g/mol. The maximum Gasteiger partial charge on any atom is 0.410 e. The summed E-state index contributed by atoms with van der Waals surface area (Å²) in [5.41, 5.74) is 6.65. The Hall–Kier alpha value is -3.14. The van der Waals surface area contributed by atoms with E-state index in [9.17, 15) is 9.59 Å². The molecule has 1 aliphatic rings. The molecule has 3 heterocycles. The van der Waals surface area contributed by atoms with Crippen LogP contribution in [0.5, 0.6) is 0 Å². The number of amides is 2. The third-order valence-electron chi connectivity index (χ3n) is 5.03. The highest BCUT2D eigenvalue weighted by Crippen LogP contribution is 2.29. The van der Waals surface area contributed by atoms with Gasteiger partial charge in [-0.1, -0.05) is 37.2 Å². The van der Waals surface area contributed by atoms with Gasteiger partial charge in [0, 0.05) is 26.0 Å². The Morgan fingerprint density at radius 2 is 2.19 bits per heavy atom. The quantitative estimate of drug-likeness (QED) is 0.547. The number of rotatable bonds is 6. The molecule has 1 aromatic carbocycles. The average molecular weight is 492 g/mol. The smallest absolute Gasteiger partial charge is 0.410 e. The molecule has 1 fully saturated rings. The summed E-state index contributed by atoms with van der Waals surface area (Å²) < 4.78 is 47.3. The van der Waals surface area contributed by atoms with Gasteiger partial charge in [-0.3, -0.25) is 4.79 Å². The number of ether oxygens (including phenoxy) is 1. The minimum atomic E-state index is -2.97. The molecule has 31 heavy (non-hydrogen) atoms. The monoisotopic (exact) mass is 491 g/mol. The van der Waals surface area contributed by atoms with Crippen molar-refractivity contribution in [2.75, 3.05) is 18.4 Å². The molecule has 1 aliphatic heterocycles. The summed E-state index contributed by atoms with van der Waals surface area (Å²) in [5.74, 6) is -1.99. The molecule has 2 atom stereocenters. The third-order valence-corrected chi connectivity index (χ3v) is 5.41. The third kappa shape index (κ3) is 4.48. The van der Waals surface area contributed by atoms with Crippen molar-refractivity contribution in [1.29, 1.82) is 0 Å². The van der Waals surface area contributed by atoms with Crippen molar-refractivity contribution in [2.24, 2.45) is 11.7 Å². The number of carbonyl (C=O) groups is 2. The van der Waals surface area contributed by atoms with Crippen LogP contribution in [0, 0.1) is 5.92 Å². The first kappa shape index (κ1) is 15.6. The van der Waals surface area contributed by atoms with E-state index in [4.69, 9.17) is 17.3 Å². The molecule has 1 saturated heterocycles. The Bertz CT molecular complexity index is 1290. The van der Waals surface area contributed by atoms with E-state index in [1.807, 2.05) is 6.07 Å². The average Bonchev–Trinajstić information content (AvgIpc) is 3.41. The van der Waals surface area contributed by atoms with E-state index in [0.29, 0.717) is 4.60 Å². The summed E-state index contributed by atoms with van der Waals surface area (Å²) in [6.45, 7) is -3.27. The molecule has 162 valence electrons. The van der Waals surface area contributed by atoms with Crippen LogP contribution in [0.15, 0.2) is 47.3 Å². The number of anilines is 1. The molecule has 2 unspecified atom stereocenters. The minimum Gasteiger partial charge on any atom is -0.445 e. The van der Waals surface area contributed by atoms with Gasteiger partial charge in [-0.25, -0.2) is 14.3 Å². The number of benzene rings is 1. The number of fused-ring (bicyclic) bond motifs is 1. The van der Waals surface area contributed by atoms with Crippen LogP contribution in [0.4, 0.5) is 10.5 Å². The topological polar surface area (TPSA) is 115 Å². The lowest BCUT2D eigenvalue weighted by Crippen LogP contribution is -2.33. The van der Waals surface area contributed by atoms with Gasteiger partial charge in [-0.2, -0.15) is 5.10 Å². The summed E-state index contributed by atoms with van der Waals surface area (Å²) in [6.07, 6.45) is -0.606. The molecular formula is C21H23BrN6O3. The summed E-state index contributed by atoms with van der Waals surface area (Å²) in [7, 11) is 0. The predicted molar refractivity (Wildman–Crippen MR) is 119 cm³/mol. The zero-order chi connectivity index (χ0) is 26.3. The van der Waals surface area contributed by atoms with Crippen molar-refractivity contribution in [1.82, 2.24) is 19.5 Å². The van der Waals surface area contributed by atoms with Gasteiger partial charge in [0.25, 0.3) is 5.91 Å². The second kappa shape index (κ2) is 8.93. The van der Waals surface area contributed by atoms with Gasteiger partial charge in [0.2, 0.25) is 0 Å². The maximum absolute atomic E-state index is 12.8. The van der Waals surface area contributed by atoms with Crippen LogP contribution in [-0.2, 0) is 11.3 Å². The number of nitrogens with two attached hydrogens (primary N) is 1. The largest absolute Gasteiger partial charge is 0.445 e. The molecule has 0 spiro atoms. The Balaban J connectivity index is 1.65. The van der Waals surface area contributed by atoms with E-state index in [1.54, 1.807) is 30.5 Å². The van der Waals surface area contributed by atoms with Crippen LogP contribution < -0.4 is 11.1 Å². The van der Waals surface area contributed by atoms with Crippen LogP contribution in [-0.4, -0.2) is 50.6 Å². The first-order valence-electron chi connectivity index (χ1n) is 11.9. The Kier molecular flexibility index (Phi) is 4.50. The predicted octanol–water partition coefficient (Wildman–Crippen LogP) is 3.05. The van der Waals surface area contributed by atoms with Gasteiger partial charge in [0.15, 0.2) is 5.65 Å². The van der Waals surface area contributed by atoms with Crippen molar-refractivity contribution in [2.45, 2.75) is 25.9 Å². The normalized spacial score (nSPS) is 21.6. The van der Waals surface area contributed by atoms with E-state index in [-0.39, 0.29) is 36.6 Å². The fraction of sp³-hybridized carbons (Fsp3) is 0.333. The molecule has 0 bridgehead atoms. The van der Waals surface area contributed by atoms with Gasteiger partial charge < -0.3 is 20.7 Å². The Labute approximate surface area is 194 Å². The number of nitrogens with zero attached hydrogens (tertiary/aromatic N) is 4. The van der Waals surface area contributed by atoms with E-state index in [2.05, 4.69) is 31.3 Å². The van der Waals surface area contributed by atoms with Crippen molar-refractivity contribution in [3.8, 4) is 0 Å². The number of hydrogen-bond donors (Lipinski definition) is 2. The van der Waals surface area contributed by atoms with E-state index in [1.165, 1.54) is 15.6 Å². The second-order valence-electron chi connectivity index (χ2n) is 7.08. The Morgan fingerprint density at radius 3 is 2.94 bits per heavy atom. The number of carbonyl (C=O) groups excluding carboxylic acids is 2. The van der Waals surface area contributed by atoms with Gasteiger partial charge in [-0.05, 0) is 33.8 Å². The molecule has 0 saturated carbocycles. The van der Waals surface area contributed by atoms with Crippen LogP contribution in [0.2, 0.25) is 0 Å². The van der Waals surface area contributed by atoms with Gasteiger partial charge in [0.05, 0.1) is 23.6 Å². The molecule has 0 radical (unpaired) electrons. The first-order valence-corrected chi connectivity index (χ1v) is 10.2. The SMILES string of the molecule is [2H]C([2H])([2H])C([2H])([2H])C1CN(C(=O)OCc2ccccc2)CC1Nc1c(C(N)=O)cnn2cc(Br)nc12. The van der Waals surface area contributed by atoms with Crippen molar-refractivity contribution in [3.63, 3.8) is 0 Å². The zero-order valence-electron chi connectivity index (χ0n) is 21.3. The lowest BCUT2D eigenvalue weighted by Gasteiger charge is -2.21. The summed E-state index contributed by atoms with van der Waals surface area (Å²) in [4.78, 5) is 30.5. The van der Waals surface area contributed by atoms with Gasteiger partial charge in [-0.15, -0.1) is 0 Å². The maximum atomic E-state index is 12.8. The standard InChI is InChI=1S/C21H23BrN6O3/c1-2-14-9-27(21(30)31-12-13-6-4-3-5-7-13)10-16(14)25-18-15(19(23)29)8-24-28-11-17(22)26-20(18)28/h3-8,11,14,16,25H,2,9-10,12H2,1H3,(H2,23,29)/i1D3,2D2. The summed E-state index contributed by atoms with van der Waals surface area (Å²) in [5, 5.41) is 7.15. The fourth-order valence-corrected chi connectivity index (χ4v) is 3.84. The van der Waals surface area contributed by atoms with Crippen molar-refractivity contribution < 1.29 is 21.2 Å². The van der Waals surface area contributed by atoms with E-state index in [0.717, 1.165) is 5.56 Å². The van der Waals surface area contributed by atoms with Crippen LogP contribution >= 0.6 is 15.9 Å². The van der Waals surface area contributed by atoms with Gasteiger partial charge in [0.1, 0.15) is 11.2 Å². The Morgan fingerprint density at radius 1 is 1.39 bits per heavy atom. The molecule has 10 heteroatoms. The number of halogens is 1. The second-order valence-corrected chi connectivity index (χ2v) is 7.89. The lowest BCUT2D eigenvalue weighted by atomic mass is 10.0. The number of primary amides is 1. The van der Waals surface area contributed by atoms with Crippen LogP contribution in [0.3, 0.4) is 0 Å². The number of likely N-dealkylation sites (tertiary alicyclic amines) is 1. The van der Waals surface area contributed by atoms with Crippen LogP contribution in [0.1, 0.15) is 36.0 Å². The fourth-order valence-electron chi connectivity index (χ4n) is 3.48. The number of aromatic nitrogens is 3. The molecule has 2 amide bonds. The minimum absolute atomic E-state index is 0.00397. The molecule has 0 aliphatic carbocycles. The molecule has 9 nitrogen and oxygen atoms in total. The molecule has 3 aromatic rings. The van der Waals surface area contributed by atoms with Crippen molar-refractivity contribution in [3.05, 3.63) is 58.5 Å². The van der Waals surface area contributed by atoms with E-state index >= 15 is 0 Å². The summed E-state index contributed by atoms with van der Waals surface area (Å²) >= 11 is 3.25. The van der Waals surface area contributed by atoms with E-state index < -0.39 is 37.2 Å². The first-order chi connectivity index (χ1) is 16.9. The number of hydrogen-bond acceptors (Lipinski definition) is 6. The molecule has 2 aromatic heterocycles. The zero-order valence-corrected chi connectivity index (χ0v) is 17.9. The van der Waals surface area contributed by atoms with Crippen LogP contribution in [0.25, 0.3) is 5.65 Å². The highest BCUT2D eigenvalue weighted by Gasteiger charge is 2.36. The van der Waals surface area contributed by atoms with Crippen molar-refractivity contribution >= 4 is 39.3 Å².